The third-order valence-corrected chi connectivity index (χ3v) is 2.75. The Morgan fingerprint density at radius 1 is 1.22 bits per heavy atom. The largest absolute Gasteiger partial charge is 0.472 e. The summed E-state index contributed by atoms with van der Waals surface area (Å²) in [5, 5.41) is 3.40. The van der Waals surface area contributed by atoms with Crippen molar-refractivity contribution in [3.8, 4) is 5.69 Å². The van der Waals surface area contributed by atoms with Gasteiger partial charge in [-0.1, -0.05) is 12.1 Å². The second-order valence-electron chi connectivity index (χ2n) is 3.97. The zero-order chi connectivity index (χ0) is 12.2. The van der Waals surface area contributed by atoms with Crippen LogP contribution in [0.5, 0.6) is 0 Å². The molecule has 18 heavy (non-hydrogen) atoms. The van der Waals surface area contributed by atoms with Gasteiger partial charge >= 0.3 is 0 Å². The first-order chi connectivity index (χ1) is 8.93. The van der Waals surface area contributed by atoms with Crippen molar-refractivity contribution in [2.75, 3.05) is 5.32 Å². The first-order valence-electron chi connectivity index (χ1n) is 5.76. The summed E-state index contributed by atoms with van der Waals surface area (Å²) in [6.45, 7) is 0.738. The van der Waals surface area contributed by atoms with Crippen LogP contribution in [0.15, 0.2) is 66.0 Å². The van der Waals surface area contributed by atoms with Crippen LogP contribution in [0.4, 0.5) is 5.69 Å². The maximum atomic E-state index is 5.05. The van der Waals surface area contributed by atoms with Crippen LogP contribution in [0.1, 0.15) is 5.56 Å². The normalized spacial score (nSPS) is 10.4. The van der Waals surface area contributed by atoms with Crippen molar-refractivity contribution in [1.82, 2.24) is 9.55 Å². The van der Waals surface area contributed by atoms with Gasteiger partial charge in [-0.2, -0.15) is 0 Å². The Bertz CT molecular complexity index is 600. The van der Waals surface area contributed by atoms with E-state index >= 15 is 0 Å². The Morgan fingerprint density at radius 2 is 2.17 bits per heavy atom. The number of hydrogen-bond acceptors (Lipinski definition) is 3. The SMILES string of the molecule is c1ccc(-n2ccnc2)c(NCc2ccoc2)c1. The molecule has 4 heteroatoms. The van der Waals surface area contributed by atoms with Gasteiger partial charge in [-0.15, -0.1) is 0 Å². The van der Waals surface area contributed by atoms with E-state index in [0.29, 0.717) is 0 Å². The molecule has 0 unspecified atom stereocenters. The van der Waals surface area contributed by atoms with Crippen LogP contribution >= 0.6 is 0 Å². The van der Waals surface area contributed by atoms with Crippen LogP contribution in [-0.2, 0) is 6.54 Å². The molecule has 3 rings (SSSR count). The minimum absolute atomic E-state index is 0.738. The zero-order valence-corrected chi connectivity index (χ0v) is 9.78. The minimum atomic E-state index is 0.738. The van der Waals surface area contributed by atoms with Gasteiger partial charge in [0.2, 0.25) is 0 Å². The third kappa shape index (κ3) is 2.13. The molecule has 3 aromatic rings. The van der Waals surface area contributed by atoms with Crippen LogP contribution in [0, 0.1) is 0 Å². The predicted molar refractivity (Wildman–Crippen MR) is 69.6 cm³/mol. The molecule has 0 amide bonds. The van der Waals surface area contributed by atoms with Crippen molar-refractivity contribution in [2.24, 2.45) is 0 Å². The monoisotopic (exact) mass is 239 g/mol. The molecule has 1 N–H and O–H groups in total. The van der Waals surface area contributed by atoms with Gasteiger partial charge in [-0.05, 0) is 18.2 Å². The summed E-state index contributed by atoms with van der Waals surface area (Å²) in [4.78, 5) is 4.07. The van der Waals surface area contributed by atoms with Crippen LogP contribution < -0.4 is 5.32 Å². The molecule has 0 saturated carbocycles. The molecule has 0 fully saturated rings. The maximum absolute atomic E-state index is 5.05. The topological polar surface area (TPSA) is 43.0 Å². The predicted octanol–water partition coefficient (Wildman–Crippen LogP) is 3.08. The van der Waals surface area contributed by atoms with Crippen molar-refractivity contribution < 1.29 is 4.42 Å². The molecule has 2 heterocycles. The highest BCUT2D eigenvalue weighted by molar-refractivity contribution is 5.61. The number of imidazole rings is 1. The zero-order valence-electron chi connectivity index (χ0n) is 9.78. The van der Waals surface area contributed by atoms with Crippen molar-refractivity contribution in [2.45, 2.75) is 6.54 Å². The molecule has 1 aromatic carbocycles. The van der Waals surface area contributed by atoms with Gasteiger partial charge in [-0.3, -0.25) is 0 Å². The molecule has 0 aliphatic heterocycles. The van der Waals surface area contributed by atoms with Gasteiger partial charge in [-0.25, -0.2) is 4.98 Å². The molecule has 4 nitrogen and oxygen atoms in total. The van der Waals surface area contributed by atoms with Gasteiger partial charge in [0.1, 0.15) is 0 Å². The Morgan fingerprint density at radius 3 is 2.94 bits per heavy atom. The molecule has 0 atom stereocenters. The van der Waals surface area contributed by atoms with Gasteiger partial charge in [0.05, 0.1) is 30.2 Å². The van der Waals surface area contributed by atoms with Crippen molar-refractivity contribution in [3.05, 3.63) is 67.1 Å². The number of nitrogens with zero attached hydrogens (tertiary/aromatic N) is 2. The molecule has 90 valence electrons. The molecule has 0 saturated heterocycles. The van der Waals surface area contributed by atoms with E-state index in [2.05, 4.69) is 22.4 Å². The van der Waals surface area contributed by atoms with E-state index in [1.807, 2.05) is 29.0 Å². The molecule has 0 radical (unpaired) electrons. The maximum Gasteiger partial charge on any atom is 0.0992 e. The van der Waals surface area contributed by atoms with Crippen molar-refractivity contribution in [3.63, 3.8) is 0 Å². The highest BCUT2D eigenvalue weighted by Crippen LogP contribution is 2.20. The Labute approximate surface area is 105 Å². The number of nitrogens with one attached hydrogen (secondary N) is 1. The minimum Gasteiger partial charge on any atom is -0.472 e. The van der Waals surface area contributed by atoms with E-state index in [4.69, 9.17) is 4.42 Å². The number of benzene rings is 1. The third-order valence-electron chi connectivity index (χ3n) is 2.75. The molecular weight excluding hydrogens is 226 g/mol. The van der Waals surface area contributed by atoms with Crippen molar-refractivity contribution >= 4 is 5.69 Å². The van der Waals surface area contributed by atoms with E-state index in [-0.39, 0.29) is 0 Å². The van der Waals surface area contributed by atoms with Crippen LogP contribution in [-0.4, -0.2) is 9.55 Å². The van der Waals surface area contributed by atoms with E-state index in [1.165, 1.54) is 0 Å². The van der Waals surface area contributed by atoms with Gasteiger partial charge in [0.15, 0.2) is 0 Å². The highest BCUT2D eigenvalue weighted by atomic mass is 16.3. The summed E-state index contributed by atoms with van der Waals surface area (Å²) in [6.07, 6.45) is 8.91. The standard InChI is InChI=1S/C14H13N3O/c1-2-4-14(17-7-6-15-11-17)13(3-1)16-9-12-5-8-18-10-12/h1-8,10-11,16H,9H2. The second kappa shape index (κ2) is 4.79. The molecular formula is C14H13N3O. The first-order valence-corrected chi connectivity index (χ1v) is 5.76. The number of rotatable bonds is 4. The van der Waals surface area contributed by atoms with E-state index in [0.717, 1.165) is 23.5 Å². The Balaban J connectivity index is 1.84. The van der Waals surface area contributed by atoms with Crippen LogP contribution in [0.2, 0.25) is 0 Å². The molecule has 2 aromatic heterocycles. The fourth-order valence-corrected chi connectivity index (χ4v) is 1.84. The quantitative estimate of drug-likeness (QED) is 0.760. The van der Waals surface area contributed by atoms with Crippen LogP contribution in [0.3, 0.4) is 0 Å². The molecule has 0 spiro atoms. The lowest BCUT2D eigenvalue weighted by Crippen LogP contribution is -2.02. The molecule has 0 bridgehead atoms. The number of para-hydroxylation sites is 2. The fraction of sp³-hybridized carbons (Fsp3) is 0.0714. The van der Waals surface area contributed by atoms with E-state index in [9.17, 15) is 0 Å². The lowest BCUT2D eigenvalue weighted by molar-refractivity contribution is 0.564. The smallest absolute Gasteiger partial charge is 0.0992 e. The Kier molecular flexibility index (Phi) is 2.84. The van der Waals surface area contributed by atoms with Crippen molar-refractivity contribution in [1.29, 1.82) is 0 Å². The summed E-state index contributed by atoms with van der Waals surface area (Å²) in [5.41, 5.74) is 3.27. The van der Waals surface area contributed by atoms with E-state index < -0.39 is 0 Å². The number of aromatic nitrogens is 2. The second-order valence-corrected chi connectivity index (χ2v) is 3.97. The fourth-order valence-electron chi connectivity index (χ4n) is 1.84. The summed E-state index contributed by atoms with van der Waals surface area (Å²) >= 11 is 0. The lowest BCUT2D eigenvalue weighted by atomic mass is 10.2. The van der Waals surface area contributed by atoms with Crippen LogP contribution in [0.25, 0.3) is 5.69 Å². The summed E-state index contributed by atoms with van der Waals surface area (Å²) < 4.78 is 7.03. The van der Waals surface area contributed by atoms with E-state index in [1.54, 1.807) is 25.1 Å². The summed E-state index contributed by atoms with van der Waals surface area (Å²) in [5.74, 6) is 0. The van der Waals surface area contributed by atoms with Gasteiger partial charge in [0, 0.05) is 24.5 Å². The molecule has 0 aliphatic rings. The number of hydrogen-bond donors (Lipinski definition) is 1. The average molecular weight is 239 g/mol. The first kappa shape index (κ1) is 10.7. The Hall–Kier alpha value is -2.49. The number of furan rings is 1. The molecule has 0 aliphatic carbocycles. The average Bonchev–Trinajstić information content (AvgIpc) is 3.10. The lowest BCUT2D eigenvalue weighted by Gasteiger charge is -2.11. The van der Waals surface area contributed by atoms with Gasteiger partial charge < -0.3 is 14.3 Å². The number of anilines is 1. The summed E-state index contributed by atoms with van der Waals surface area (Å²) in [7, 11) is 0. The van der Waals surface area contributed by atoms with Gasteiger partial charge in [0.25, 0.3) is 0 Å². The highest BCUT2D eigenvalue weighted by Gasteiger charge is 2.03. The summed E-state index contributed by atoms with van der Waals surface area (Å²) in [6, 6.07) is 10.1.